The monoisotopic (exact) mass is 377 g/mol. The number of methoxy groups -OCH3 is 1. The first-order valence-electron chi connectivity index (χ1n) is 9.36. The van der Waals surface area contributed by atoms with Crippen LogP contribution in [0.5, 0.6) is 0 Å². The van der Waals surface area contributed by atoms with Gasteiger partial charge in [-0.3, -0.25) is 9.59 Å². The molecule has 1 atom stereocenters. The molecule has 1 aromatic heterocycles. The Bertz CT molecular complexity index is 1040. The first-order chi connectivity index (χ1) is 13.6. The van der Waals surface area contributed by atoms with Crippen LogP contribution in [0.25, 0.3) is 10.9 Å². The minimum absolute atomic E-state index is 0.0952. The van der Waals surface area contributed by atoms with E-state index in [1.54, 1.807) is 18.9 Å². The van der Waals surface area contributed by atoms with Gasteiger partial charge in [-0.05, 0) is 36.8 Å². The van der Waals surface area contributed by atoms with Gasteiger partial charge in [-0.2, -0.15) is 0 Å². The first kappa shape index (κ1) is 18.3. The number of benzene rings is 2. The lowest BCUT2D eigenvalue weighted by atomic mass is 10.1. The lowest BCUT2D eigenvalue weighted by molar-refractivity contribution is -0.120. The zero-order valence-corrected chi connectivity index (χ0v) is 16.0. The van der Waals surface area contributed by atoms with E-state index < -0.39 is 6.04 Å². The molecule has 0 bridgehead atoms. The molecule has 6 nitrogen and oxygen atoms in total. The Hall–Kier alpha value is -3.12. The average molecular weight is 377 g/mol. The molecule has 0 radical (unpaired) electrons. The van der Waals surface area contributed by atoms with Gasteiger partial charge in [0.15, 0.2) is 0 Å². The number of hydrogen-bond acceptors (Lipinski definition) is 3. The summed E-state index contributed by atoms with van der Waals surface area (Å²) in [5, 5.41) is 3.97. The molecule has 2 heterocycles. The third-order valence-corrected chi connectivity index (χ3v) is 5.30. The summed E-state index contributed by atoms with van der Waals surface area (Å²) in [4.78, 5) is 27.1. The molecule has 0 saturated carbocycles. The lowest BCUT2D eigenvalue weighted by Crippen LogP contribution is -2.42. The van der Waals surface area contributed by atoms with Gasteiger partial charge in [0.05, 0.1) is 17.8 Å². The van der Waals surface area contributed by atoms with Crippen LogP contribution in [-0.4, -0.2) is 41.0 Å². The van der Waals surface area contributed by atoms with Gasteiger partial charge in [0.2, 0.25) is 5.91 Å². The summed E-state index contributed by atoms with van der Waals surface area (Å²) in [5.74, 6) is -0.291. The molecule has 1 N–H and O–H groups in total. The van der Waals surface area contributed by atoms with Gasteiger partial charge in [-0.1, -0.05) is 24.3 Å². The van der Waals surface area contributed by atoms with Crippen LogP contribution in [0, 0.1) is 0 Å². The molecule has 28 heavy (non-hydrogen) atoms. The highest BCUT2D eigenvalue weighted by Gasteiger charge is 2.33. The number of aromatic nitrogens is 1. The van der Waals surface area contributed by atoms with E-state index in [4.69, 9.17) is 4.74 Å². The van der Waals surface area contributed by atoms with Gasteiger partial charge >= 0.3 is 0 Å². The van der Waals surface area contributed by atoms with Gasteiger partial charge in [-0.25, -0.2) is 0 Å². The normalized spacial score (nSPS) is 14.4. The Morgan fingerprint density at radius 1 is 1.18 bits per heavy atom. The van der Waals surface area contributed by atoms with Crippen LogP contribution in [-0.2, 0) is 22.6 Å². The maximum atomic E-state index is 12.9. The summed E-state index contributed by atoms with van der Waals surface area (Å²) >= 11 is 0. The van der Waals surface area contributed by atoms with E-state index in [0.29, 0.717) is 18.7 Å². The van der Waals surface area contributed by atoms with Crippen molar-refractivity contribution >= 4 is 28.4 Å². The number of ether oxygens (including phenoxy) is 1. The number of nitrogens with one attached hydrogen (secondary N) is 1. The van der Waals surface area contributed by atoms with E-state index >= 15 is 0 Å². The Morgan fingerprint density at radius 3 is 2.79 bits per heavy atom. The third kappa shape index (κ3) is 3.16. The van der Waals surface area contributed by atoms with Crippen molar-refractivity contribution in [3.63, 3.8) is 0 Å². The molecule has 4 rings (SSSR count). The SMILES string of the molecule is COCCn1ccc2c(NC(=O)C(C)N3Cc4ccccc4C3=O)cccc21. The van der Waals surface area contributed by atoms with Crippen molar-refractivity contribution in [2.75, 3.05) is 19.0 Å². The topological polar surface area (TPSA) is 63.6 Å². The number of hydrogen-bond donors (Lipinski definition) is 1. The van der Waals surface area contributed by atoms with Crippen molar-refractivity contribution in [2.45, 2.75) is 26.1 Å². The van der Waals surface area contributed by atoms with E-state index in [2.05, 4.69) is 9.88 Å². The molecule has 2 amide bonds. The summed E-state index contributed by atoms with van der Waals surface area (Å²) in [6.07, 6.45) is 1.99. The molecule has 1 unspecified atom stereocenters. The molecule has 0 fully saturated rings. The largest absolute Gasteiger partial charge is 0.383 e. The molecule has 6 heteroatoms. The van der Waals surface area contributed by atoms with Crippen molar-refractivity contribution in [3.8, 4) is 0 Å². The van der Waals surface area contributed by atoms with Gasteiger partial charge in [0.25, 0.3) is 5.91 Å². The summed E-state index contributed by atoms with van der Waals surface area (Å²) in [5.41, 5.74) is 3.42. The van der Waals surface area contributed by atoms with Crippen molar-refractivity contribution in [2.24, 2.45) is 0 Å². The third-order valence-electron chi connectivity index (χ3n) is 5.30. The fourth-order valence-corrected chi connectivity index (χ4v) is 3.69. The van der Waals surface area contributed by atoms with Crippen LogP contribution in [0.4, 0.5) is 5.69 Å². The van der Waals surface area contributed by atoms with Crippen LogP contribution in [0.15, 0.2) is 54.7 Å². The fraction of sp³-hybridized carbons (Fsp3) is 0.273. The van der Waals surface area contributed by atoms with Crippen molar-refractivity contribution in [1.82, 2.24) is 9.47 Å². The fourth-order valence-electron chi connectivity index (χ4n) is 3.69. The maximum absolute atomic E-state index is 12.9. The van der Waals surface area contributed by atoms with E-state index in [0.717, 1.165) is 28.7 Å². The summed E-state index contributed by atoms with van der Waals surface area (Å²) in [6.45, 7) is 3.59. The minimum atomic E-state index is -0.564. The van der Waals surface area contributed by atoms with Gasteiger partial charge in [-0.15, -0.1) is 0 Å². The second-order valence-electron chi connectivity index (χ2n) is 7.00. The summed E-state index contributed by atoms with van der Waals surface area (Å²) in [7, 11) is 1.68. The predicted molar refractivity (Wildman–Crippen MR) is 108 cm³/mol. The zero-order chi connectivity index (χ0) is 19.7. The molecule has 0 spiro atoms. The first-order valence-corrected chi connectivity index (χ1v) is 9.36. The Morgan fingerprint density at radius 2 is 2.00 bits per heavy atom. The van der Waals surface area contributed by atoms with Gasteiger partial charge in [0, 0.05) is 37.3 Å². The molecule has 1 aliphatic heterocycles. The quantitative estimate of drug-likeness (QED) is 0.717. The summed E-state index contributed by atoms with van der Waals surface area (Å²) in [6, 6.07) is 14.7. The molecule has 144 valence electrons. The van der Waals surface area contributed by atoms with E-state index in [1.807, 2.05) is 54.7 Å². The van der Waals surface area contributed by atoms with Crippen LogP contribution < -0.4 is 5.32 Å². The Labute approximate surface area is 163 Å². The number of carbonyl (C=O) groups excluding carboxylic acids is 2. The number of fused-ring (bicyclic) bond motifs is 2. The second kappa shape index (κ2) is 7.48. The minimum Gasteiger partial charge on any atom is -0.383 e. The molecule has 3 aromatic rings. The number of amides is 2. The number of nitrogens with zero attached hydrogens (tertiary/aromatic N) is 2. The van der Waals surface area contributed by atoms with Crippen molar-refractivity contribution < 1.29 is 14.3 Å². The van der Waals surface area contributed by atoms with Gasteiger partial charge < -0.3 is 19.5 Å². The smallest absolute Gasteiger partial charge is 0.255 e. The standard InChI is InChI=1S/C22H23N3O3/c1-15(25-14-16-6-3-4-7-17(16)22(25)27)21(26)23-19-8-5-9-20-18(19)10-11-24(20)12-13-28-2/h3-11,15H,12-14H2,1-2H3,(H,23,26). The highest BCUT2D eigenvalue weighted by molar-refractivity contribution is 6.06. The van der Waals surface area contributed by atoms with E-state index in [-0.39, 0.29) is 11.8 Å². The van der Waals surface area contributed by atoms with E-state index in [9.17, 15) is 9.59 Å². The predicted octanol–water partition coefficient (Wildman–Crippen LogP) is 3.27. The van der Waals surface area contributed by atoms with Crippen LogP contribution in [0.1, 0.15) is 22.8 Å². The Balaban J connectivity index is 1.53. The van der Waals surface area contributed by atoms with Crippen LogP contribution in [0.2, 0.25) is 0 Å². The molecule has 1 aliphatic rings. The zero-order valence-electron chi connectivity index (χ0n) is 16.0. The number of carbonyl (C=O) groups is 2. The van der Waals surface area contributed by atoms with Gasteiger partial charge in [0.1, 0.15) is 6.04 Å². The average Bonchev–Trinajstić information content (AvgIpc) is 3.28. The summed E-state index contributed by atoms with van der Waals surface area (Å²) < 4.78 is 7.25. The molecule has 0 aliphatic carbocycles. The Kier molecular flexibility index (Phi) is 4.88. The van der Waals surface area contributed by atoms with E-state index in [1.165, 1.54) is 0 Å². The molecule has 0 saturated heterocycles. The second-order valence-corrected chi connectivity index (χ2v) is 7.00. The molecular weight excluding hydrogens is 354 g/mol. The highest BCUT2D eigenvalue weighted by atomic mass is 16.5. The highest BCUT2D eigenvalue weighted by Crippen LogP contribution is 2.27. The lowest BCUT2D eigenvalue weighted by Gasteiger charge is -2.23. The number of rotatable bonds is 6. The number of anilines is 1. The molecular formula is C22H23N3O3. The van der Waals surface area contributed by atoms with Crippen molar-refractivity contribution in [1.29, 1.82) is 0 Å². The van der Waals surface area contributed by atoms with Crippen molar-refractivity contribution in [3.05, 3.63) is 65.9 Å². The molecule has 2 aromatic carbocycles. The van der Waals surface area contributed by atoms with Crippen LogP contribution >= 0.6 is 0 Å². The van der Waals surface area contributed by atoms with Crippen LogP contribution in [0.3, 0.4) is 0 Å². The maximum Gasteiger partial charge on any atom is 0.255 e.